The average molecular weight is 405 g/mol. The minimum absolute atomic E-state index is 0.234. The van der Waals surface area contributed by atoms with Gasteiger partial charge >= 0.3 is 12.0 Å². The second-order valence-electron chi connectivity index (χ2n) is 5.59. The van der Waals surface area contributed by atoms with E-state index in [1.54, 1.807) is 25.3 Å². The van der Waals surface area contributed by atoms with Crippen LogP contribution in [0.15, 0.2) is 62.8 Å². The molecule has 1 aliphatic heterocycles. The number of methoxy groups -OCH3 is 1. The number of urea groups is 1. The van der Waals surface area contributed by atoms with Crippen LogP contribution >= 0.6 is 15.9 Å². The maximum atomic E-state index is 12.6. The molecular formula is C18H17BrN2O4. The average Bonchev–Trinajstić information content (AvgIpc) is 3.11. The van der Waals surface area contributed by atoms with Gasteiger partial charge in [-0.1, -0.05) is 28.1 Å². The van der Waals surface area contributed by atoms with E-state index in [4.69, 9.17) is 9.15 Å². The fraction of sp³-hybridized carbons (Fsp3) is 0.222. The standard InChI is InChI=1S/C18H17BrN2O4/c1-11-15(17(22)24-2)16(12-5-7-13(19)8-6-12)20-18(23)21(11)10-14-4-3-9-25-14/h3-9,16H,10H2,1-2H3,(H,20,23)/t16-/m1/s1. The number of carbonyl (C=O) groups excluding carboxylic acids is 2. The highest BCUT2D eigenvalue weighted by Crippen LogP contribution is 2.32. The van der Waals surface area contributed by atoms with E-state index in [1.807, 2.05) is 24.3 Å². The predicted octanol–water partition coefficient (Wildman–Crippen LogP) is 3.76. The van der Waals surface area contributed by atoms with Gasteiger partial charge in [-0.05, 0) is 36.8 Å². The van der Waals surface area contributed by atoms with Crippen LogP contribution < -0.4 is 5.32 Å². The van der Waals surface area contributed by atoms with Crippen LogP contribution in [0.25, 0.3) is 0 Å². The summed E-state index contributed by atoms with van der Waals surface area (Å²) < 4.78 is 11.2. The summed E-state index contributed by atoms with van der Waals surface area (Å²) >= 11 is 3.38. The van der Waals surface area contributed by atoms with E-state index in [1.165, 1.54) is 12.0 Å². The lowest BCUT2D eigenvalue weighted by molar-refractivity contribution is -0.136. The number of hydrogen-bond donors (Lipinski definition) is 1. The van der Waals surface area contributed by atoms with E-state index in [9.17, 15) is 9.59 Å². The number of rotatable bonds is 4. The van der Waals surface area contributed by atoms with Gasteiger partial charge in [-0.2, -0.15) is 0 Å². The number of esters is 1. The Morgan fingerprint density at radius 1 is 1.32 bits per heavy atom. The van der Waals surface area contributed by atoms with Crippen molar-refractivity contribution < 1.29 is 18.7 Å². The van der Waals surface area contributed by atoms with Crippen molar-refractivity contribution in [3.05, 3.63) is 69.7 Å². The van der Waals surface area contributed by atoms with Gasteiger partial charge in [0.2, 0.25) is 0 Å². The second kappa shape index (κ2) is 7.14. The number of halogens is 1. The van der Waals surface area contributed by atoms with Crippen molar-refractivity contribution in [3.8, 4) is 0 Å². The summed E-state index contributed by atoms with van der Waals surface area (Å²) in [5, 5.41) is 2.88. The third-order valence-corrected chi connectivity index (χ3v) is 4.63. The van der Waals surface area contributed by atoms with E-state index in [-0.39, 0.29) is 12.6 Å². The molecule has 2 heterocycles. The smallest absolute Gasteiger partial charge is 0.337 e. The molecular weight excluding hydrogens is 388 g/mol. The molecule has 0 aliphatic carbocycles. The van der Waals surface area contributed by atoms with Gasteiger partial charge in [-0.15, -0.1) is 0 Å². The molecule has 1 aromatic heterocycles. The van der Waals surface area contributed by atoms with Crippen LogP contribution in [0.3, 0.4) is 0 Å². The molecule has 0 radical (unpaired) electrons. The minimum atomic E-state index is -0.569. The number of nitrogens with one attached hydrogen (secondary N) is 1. The van der Waals surface area contributed by atoms with Crippen molar-refractivity contribution in [3.63, 3.8) is 0 Å². The lowest BCUT2D eigenvalue weighted by Crippen LogP contribution is -2.47. The van der Waals surface area contributed by atoms with E-state index in [0.29, 0.717) is 17.0 Å². The van der Waals surface area contributed by atoms with E-state index in [0.717, 1.165) is 10.0 Å². The second-order valence-corrected chi connectivity index (χ2v) is 6.51. The minimum Gasteiger partial charge on any atom is -0.467 e. The van der Waals surface area contributed by atoms with Crippen LogP contribution in [0.1, 0.15) is 24.3 Å². The summed E-state index contributed by atoms with van der Waals surface area (Å²) in [7, 11) is 1.33. The van der Waals surface area contributed by atoms with Gasteiger partial charge in [-0.25, -0.2) is 9.59 Å². The van der Waals surface area contributed by atoms with Gasteiger partial charge in [0.15, 0.2) is 0 Å². The summed E-state index contributed by atoms with van der Waals surface area (Å²) in [6.07, 6.45) is 1.54. The van der Waals surface area contributed by atoms with Crippen LogP contribution in [-0.4, -0.2) is 24.0 Å². The monoisotopic (exact) mass is 404 g/mol. The molecule has 1 aromatic carbocycles. The van der Waals surface area contributed by atoms with E-state index >= 15 is 0 Å². The first kappa shape index (κ1) is 17.3. The number of benzene rings is 1. The highest BCUT2D eigenvalue weighted by molar-refractivity contribution is 9.10. The topological polar surface area (TPSA) is 71.8 Å². The first-order valence-corrected chi connectivity index (χ1v) is 8.45. The van der Waals surface area contributed by atoms with E-state index < -0.39 is 12.0 Å². The summed E-state index contributed by atoms with van der Waals surface area (Å²) in [5.41, 5.74) is 1.74. The molecule has 0 saturated carbocycles. The molecule has 3 rings (SSSR count). The molecule has 0 spiro atoms. The van der Waals surface area contributed by atoms with Crippen molar-refractivity contribution in [2.75, 3.05) is 7.11 Å². The Morgan fingerprint density at radius 3 is 2.64 bits per heavy atom. The van der Waals surface area contributed by atoms with Gasteiger partial charge < -0.3 is 14.5 Å². The van der Waals surface area contributed by atoms with E-state index in [2.05, 4.69) is 21.2 Å². The van der Waals surface area contributed by atoms with Gasteiger partial charge in [-0.3, -0.25) is 4.90 Å². The number of ether oxygens (including phenoxy) is 1. The molecule has 0 bridgehead atoms. The zero-order valence-electron chi connectivity index (χ0n) is 13.8. The van der Waals surface area contributed by atoms with Gasteiger partial charge in [0.05, 0.1) is 31.5 Å². The highest BCUT2D eigenvalue weighted by Gasteiger charge is 2.36. The zero-order valence-corrected chi connectivity index (χ0v) is 15.4. The number of hydrogen-bond acceptors (Lipinski definition) is 4. The Hall–Kier alpha value is -2.54. The molecule has 1 aliphatic rings. The van der Waals surface area contributed by atoms with Crippen LogP contribution in [0, 0.1) is 0 Å². The first-order chi connectivity index (χ1) is 12.0. The normalized spacial score (nSPS) is 17.5. The SMILES string of the molecule is COC(=O)C1=C(C)N(Cc2ccco2)C(=O)N[C@@H]1c1ccc(Br)cc1. The molecule has 6 nitrogen and oxygen atoms in total. The number of amides is 2. The molecule has 130 valence electrons. The number of nitrogens with zero attached hydrogens (tertiary/aromatic N) is 1. The maximum Gasteiger partial charge on any atom is 0.337 e. The Kier molecular flexibility index (Phi) is 4.94. The Morgan fingerprint density at radius 2 is 2.04 bits per heavy atom. The van der Waals surface area contributed by atoms with Gasteiger partial charge in [0.1, 0.15) is 5.76 Å². The maximum absolute atomic E-state index is 12.6. The van der Waals surface area contributed by atoms with Gasteiger partial charge in [0, 0.05) is 10.2 Å². The zero-order chi connectivity index (χ0) is 18.0. The quantitative estimate of drug-likeness (QED) is 0.787. The van der Waals surface area contributed by atoms with Crippen molar-refractivity contribution in [2.24, 2.45) is 0 Å². The lowest BCUT2D eigenvalue weighted by Gasteiger charge is -2.34. The molecule has 1 N–H and O–H groups in total. The first-order valence-electron chi connectivity index (χ1n) is 7.66. The fourth-order valence-corrected chi connectivity index (χ4v) is 3.07. The molecule has 25 heavy (non-hydrogen) atoms. The fourth-order valence-electron chi connectivity index (χ4n) is 2.81. The molecule has 0 unspecified atom stereocenters. The van der Waals surface area contributed by atoms with Crippen molar-refractivity contribution in [1.29, 1.82) is 0 Å². The third kappa shape index (κ3) is 3.46. The summed E-state index contributed by atoms with van der Waals surface area (Å²) in [6, 6.07) is 10.1. The number of allylic oxidation sites excluding steroid dienone is 1. The van der Waals surface area contributed by atoms with Crippen molar-refractivity contribution in [1.82, 2.24) is 10.2 Å². The van der Waals surface area contributed by atoms with Crippen LogP contribution in [-0.2, 0) is 16.1 Å². The van der Waals surface area contributed by atoms with Crippen molar-refractivity contribution in [2.45, 2.75) is 19.5 Å². The molecule has 0 fully saturated rings. The lowest BCUT2D eigenvalue weighted by atomic mass is 9.95. The third-order valence-electron chi connectivity index (χ3n) is 4.10. The summed E-state index contributed by atoms with van der Waals surface area (Å²) in [6.45, 7) is 1.97. The predicted molar refractivity (Wildman–Crippen MR) is 94.4 cm³/mol. The largest absolute Gasteiger partial charge is 0.467 e. The molecule has 2 aromatic rings. The highest BCUT2D eigenvalue weighted by atomic mass is 79.9. The Balaban J connectivity index is 2.02. The Bertz CT molecular complexity index is 812. The Labute approximate surface area is 153 Å². The summed E-state index contributed by atoms with van der Waals surface area (Å²) in [5.74, 6) is 0.149. The number of furan rings is 1. The molecule has 1 atom stereocenters. The van der Waals surface area contributed by atoms with Gasteiger partial charge in [0.25, 0.3) is 0 Å². The molecule has 7 heteroatoms. The van der Waals surface area contributed by atoms with Crippen LogP contribution in [0.2, 0.25) is 0 Å². The molecule has 0 saturated heterocycles. The number of carbonyl (C=O) groups is 2. The molecule has 2 amide bonds. The van der Waals surface area contributed by atoms with Crippen molar-refractivity contribution >= 4 is 27.9 Å². The van der Waals surface area contributed by atoms with Crippen LogP contribution in [0.4, 0.5) is 4.79 Å². The summed E-state index contributed by atoms with van der Waals surface area (Å²) in [4.78, 5) is 26.5. The van der Waals surface area contributed by atoms with Crippen LogP contribution in [0.5, 0.6) is 0 Å².